The third-order valence-corrected chi connectivity index (χ3v) is 6.70. The standard InChI is InChI=1S/C26H21ClF2N6O5/c1-33(2)24(37)14-7-13(8-15(27)9-14)21-22-23(31-12-30-22)25(38)34(32-21)11-20(36)35(16-3-4-16)17-5-6-18-19(10-17)40-26(28,29)39-18/h5-10,12,16H,3-4,11H2,1-2H3,(H,30,31). The highest BCUT2D eigenvalue weighted by Gasteiger charge is 2.44. The van der Waals surface area contributed by atoms with Gasteiger partial charge in [-0.05, 0) is 43.2 Å². The van der Waals surface area contributed by atoms with Gasteiger partial charge in [0.2, 0.25) is 5.91 Å². The van der Waals surface area contributed by atoms with Gasteiger partial charge in [-0.1, -0.05) is 11.6 Å². The molecular formula is C26H21ClF2N6O5. The van der Waals surface area contributed by atoms with Crippen molar-refractivity contribution in [2.24, 2.45) is 0 Å². The van der Waals surface area contributed by atoms with Gasteiger partial charge < -0.3 is 24.3 Å². The predicted octanol–water partition coefficient (Wildman–Crippen LogP) is 3.66. The van der Waals surface area contributed by atoms with E-state index in [2.05, 4.69) is 24.5 Å². The van der Waals surface area contributed by atoms with Gasteiger partial charge in [0, 0.05) is 48.0 Å². The summed E-state index contributed by atoms with van der Waals surface area (Å²) in [4.78, 5) is 49.3. The van der Waals surface area contributed by atoms with E-state index in [0.717, 1.165) is 4.68 Å². The molecule has 14 heteroatoms. The van der Waals surface area contributed by atoms with Crippen LogP contribution in [-0.2, 0) is 11.3 Å². The van der Waals surface area contributed by atoms with Crippen LogP contribution in [0, 0.1) is 0 Å². The van der Waals surface area contributed by atoms with Crippen molar-refractivity contribution in [1.29, 1.82) is 0 Å². The van der Waals surface area contributed by atoms with Crippen molar-refractivity contribution >= 4 is 40.1 Å². The Morgan fingerprint density at radius 3 is 2.62 bits per heavy atom. The van der Waals surface area contributed by atoms with Crippen LogP contribution in [0.1, 0.15) is 23.2 Å². The van der Waals surface area contributed by atoms with Gasteiger partial charge in [0.25, 0.3) is 11.5 Å². The smallest absolute Gasteiger partial charge is 0.395 e. The lowest BCUT2D eigenvalue weighted by molar-refractivity contribution is -0.286. The fourth-order valence-corrected chi connectivity index (χ4v) is 4.81. The van der Waals surface area contributed by atoms with Gasteiger partial charge >= 0.3 is 6.29 Å². The number of H-pyrrole nitrogens is 1. The number of halogens is 3. The Kier molecular flexibility index (Phi) is 5.98. The summed E-state index contributed by atoms with van der Waals surface area (Å²) in [5, 5.41) is 4.72. The van der Waals surface area contributed by atoms with Crippen LogP contribution < -0.4 is 19.9 Å². The van der Waals surface area contributed by atoms with Gasteiger partial charge in [-0.25, -0.2) is 9.67 Å². The summed E-state index contributed by atoms with van der Waals surface area (Å²) >= 11 is 6.32. The molecule has 1 N–H and O–H groups in total. The number of aromatic nitrogens is 4. The van der Waals surface area contributed by atoms with Crippen molar-refractivity contribution in [3.63, 3.8) is 0 Å². The second-order valence-corrected chi connectivity index (χ2v) is 10.1. The summed E-state index contributed by atoms with van der Waals surface area (Å²) in [6, 6.07) is 8.60. The third kappa shape index (κ3) is 4.62. The highest BCUT2D eigenvalue weighted by molar-refractivity contribution is 6.31. The molecule has 0 spiro atoms. The molecule has 2 amide bonds. The van der Waals surface area contributed by atoms with Crippen LogP contribution in [0.3, 0.4) is 0 Å². The third-order valence-electron chi connectivity index (χ3n) is 6.49. The molecule has 0 saturated heterocycles. The first-order chi connectivity index (χ1) is 19.0. The fraction of sp³-hybridized carbons (Fsp3) is 0.269. The van der Waals surface area contributed by atoms with Crippen molar-refractivity contribution in [2.75, 3.05) is 19.0 Å². The SMILES string of the molecule is CN(C)C(=O)c1cc(Cl)cc(-c2nn(CC(=O)N(c3ccc4c(c3)OC(F)(F)O4)C3CC3)c(=O)c3[nH]cnc23)c1. The molecule has 6 rings (SSSR count). The number of anilines is 1. The zero-order chi connectivity index (χ0) is 28.3. The van der Waals surface area contributed by atoms with Gasteiger partial charge in [-0.15, -0.1) is 8.78 Å². The maximum absolute atomic E-state index is 13.6. The molecule has 2 aromatic heterocycles. The van der Waals surface area contributed by atoms with E-state index in [-0.39, 0.29) is 45.2 Å². The van der Waals surface area contributed by atoms with Gasteiger partial charge in [-0.2, -0.15) is 5.10 Å². The van der Waals surface area contributed by atoms with Gasteiger partial charge in [0.1, 0.15) is 23.3 Å². The number of carbonyl (C=O) groups excluding carboxylic acids is 2. The first-order valence-electron chi connectivity index (χ1n) is 12.2. The van der Waals surface area contributed by atoms with E-state index in [9.17, 15) is 23.2 Å². The van der Waals surface area contributed by atoms with E-state index in [1.807, 2.05) is 0 Å². The topological polar surface area (TPSA) is 123 Å². The normalized spacial score (nSPS) is 15.3. The molecule has 2 aromatic carbocycles. The number of imidazole rings is 1. The zero-order valence-corrected chi connectivity index (χ0v) is 21.9. The molecule has 206 valence electrons. The molecule has 40 heavy (non-hydrogen) atoms. The maximum atomic E-state index is 13.6. The number of nitrogens with one attached hydrogen (secondary N) is 1. The molecule has 1 aliphatic heterocycles. The summed E-state index contributed by atoms with van der Waals surface area (Å²) in [7, 11) is 3.21. The van der Waals surface area contributed by atoms with E-state index >= 15 is 0 Å². The molecule has 0 atom stereocenters. The monoisotopic (exact) mass is 570 g/mol. The molecule has 0 radical (unpaired) electrons. The summed E-state index contributed by atoms with van der Waals surface area (Å²) in [5.74, 6) is -1.10. The van der Waals surface area contributed by atoms with Gasteiger partial charge in [0.15, 0.2) is 11.5 Å². The Morgan fingerprint density at radius 1 is 1.15 bits per heavy atom. The van der Waals surface area contributed by atoms with E-state index in [1.54, 1.807) is 26.2 Å². The maximum Gasteiger partial charge on any atom is 0.586 e. The van der Waals surface area contributed by atoms with Crippen LogP contribution in [0.5, 0.6) is 11.5 Å². The van der Waals surface area contributed by atoms with E-state index < -0.39 is 24.3 Å². The number of carbonyl (C=O) groups is 2. The summed E-state index contributed by atoms with van der Waals surface area (Å²) in [6.45, 7) is -0.452. The lowest BCUT2D eigenvalue weighted by Gasteiger charge is -2.23. The first kappa shape index (κ1) is 25.7. The molecule has 11 nitrogen and oxygen atoms in total. The number of fused-ring (bicyclic) bond motifs is 2. The Hall–Kier alpha value is -4.52. The summed E-state index contributed by atoms with van der Waals surface area (Å²) < 4.78 is 37.1. The van der Waals surface area contributed by atoms with Crippen molar-refractivity contribution in [2.45, 2.75) is 31.7 Å². The number of amides is 2. The van der Waals surface area contributed by atoms with Crippen LogP contribution in [0.25, 0.3) is 22.3 Å². The van der Waals surface area contributed by atoms with Crippen molar-refractivity contribution in [3.05, 3.63) is 63.7 Å². The number of alkyl halides is 2. The molecular weight excluding hydrogens is 550 g/mol. The largest absolute Gasteiger partial charge is 0.586 e. The Labute approximate surface area is 229 Å². The molecule has 1 fully saturated rings. The van der Waals surface area contributed by atoms with E-state index in [4.69, 9.17) is 11.6 Å². The molecule has 1 saturated carbocycles. The lowest BCUT2D eigenvalue weighted by Crippen LogP contribution is -2.39. The first-order valence-corrected chi connectivity index (χ1v) is 12.6. The molecule has 4 aromatic rings. The van der Waals surface area contributed by atoms with Crippen LogP contribution in [0.15, 0.2) is 47.5 Å². The average molecular weight is 571 g/mol. The van der Waals surface area contributed by atoms with E-state index in [0.29, 0.717) is 29.7 Å². The molecule has 0 unspecified atom stereocenters. The lowest BCUT2D eigenvalue weighted by atomic mass is 10.1. The molecule has 3 heterocycles. The number of benzene rings is 2. The van der Waals surface area contributed by atoms with Crippen molar-refractivity contribution < 1.29 is 27.8 Å². The number of rotatable bonds is 6. The van der Waals surface area contributed by atoms with Crippen molar-refractivity contribution in [1.82, 2.24) is 24.6 Å². The Balaban J connectivity index is 1.38. The Morgan fingerprint density at radius 2 is 1.90 bits per heavy atom. The van der Waals surface area contributed by atoms with Crippen molar-refractivity contribution in [3.8, 4) is 22.8 Å². The number of nitrogens with zero attached hydrogens (tertiary/aromatic N) is 5. The average Bonchev–Trinajstić information content (AvgIpc) is 3.49. The highest BCUT2D eigenvalue weighted by atomic mass is 35.5. The molecule has 1 aliphatic carbocycles. The van der Waals surface area contributed by atoms with Crippen LogP contribution in [0.2, 0.25) is 5.02 Å². The Bertz CT molecular complexity index is 1750. The summed E-state index contributed by atoms with van der Waals surface area (Å²) in [5.41, 5.74) is 1.06. The number of aromatic amines is 1. The fourth-order valence-electron chi connectivity index (χ4n) is 4.57. The molecule has 0 bridgehead atoms. The summed E-state index contributed by atoms with van der Waals surface area (Å²) in [6.07, 6.45) is -1.05. The molecule has 2 aliphatic rings. The zero-order valence-electron chi connectivity index (χ0n) is 21.2. The van der Waals surface area contributed by atoms with Crippen LogP contribution in [-0.4, -0.2) is 62.9 Å². The second-order valence-electron chi connectivity index (χ2n) is 9.66. The van der Waals surface area contributed by atoms with E-state index in [1.165, 1.54) is 40.4 Å². The predicted molar refractivity (Wildman–Crippen MR) is 140 cm³/mol. The minimum absolute atomic E-state index is 0.113. The minimum Gasteiger partial charge on any atom is -0.395 e. The van der Waals surface area contributed by atoms with Crippen LogP contribution in [0.4, 0.5) is 14.5 Å². The number of ether oxygens (including phenoxy) is 2. The minimum atomic E-state index is -3.79. The van der Waals surface area contributed by atoms with Gasteiger partial charge in [-0.3, -0.25) is 14.4 Å². The second kappa shape index (κ2) is 9.30. The quantitative estimate of drug-likeness (QED) is 0.375. The van der Waals surface area contributed by atoms with Crippen LogP contribution >= 0.6 is 11.6 Å². The van der Waals surface area contributed by atoms with Gasteiger partial charge in [0.05, 0.1) is 6.33 Å². The highest BCUT2D eigenvalue weighted by Crippen LogP contribution is 2.44. The number of hydrogen-bond donors (Lipinski definition) is 1. The number of hydrogen-bond acceptors (Lipinski definition) is 7.